The number of ether oxygens (including phenoxy) is 2. The average Bonchev–Trinajstić information content (AvgIpc) is 3.14. The van der Waals surface area contributed by atoms with Crippen LogP contribution < -0.4 is 5.32 Å². The molecule has 2 fully saturated rings. The highest BCUT2D eigenvalue weighted by Crippen LogP contribution is 2.08. The Kier molecular flexibility index (Phi) is 6.59. The molecule has 3 amide bonds. The van der Waals surface area contributed by atoms with Crippen LogP contribution in [0.4, 0.5) is 4.79 Å². The molecule has 0 aromatic rings. The van der Waals surface area contributed by atoms with E-state index >= 15 is 0 Å². The molecule has 0 spiro atoms. The van der Waals surface area contributed by atoms with E-state index in [2.05, 4.69) is 5.32 Å². The summed E-state index contributed by atoms with van der Waals surface area (Å²) in [4.78, 5) is 48.7. The molecular formula is C15H21N3O6. The van der Waals surface area contributed by atoms with Gasteiger partial charge in [0, 0.05) is 38.2 Å². The van der Waals surface area contributed by atoms with E-state index in [1.807, 2.05) is 0 Å². The molecule has 0 saturated carbocycles. The van der Waals surface area contributed by atoms with Crippen LogP contribution in [0.15, 0.2) is 12.2 Å². The molecule has 0 bridgehead atoms. The zero-order chi connectivity index (χ0) is 17.4. The summed E-state index contributed by atoms with van der Waals surface area (Å²) >= 11 is 0. The number of amides is 3. The molecule has 9 heteroatoms. The summed E-state index contributed by atoms with van der Waals surface area (Å²) in [7, 11) is 0. The molecule has 1 N–H and O–H groups in total. The number of carbonyl (C=O) groups excluding carboxylic acids is 4. The van der Waals surface area contributed by atoms with E-state index in [0.717, 1.165) is 18.6 Å². The van der Waals surface area contributed by atoms with E-state index in [4.69, 9.17) is 9.47 Å². The molecule has 24 heavy (non-hydrogen) atoms. The minimum absolute atomic E-state index is 0.0582. The molecule has 132 valence electrons. The van der Waals surface area contributed by atoms with Crippen LogP contribution in [0.5, 0.6) is 0 Å². The van der Waals surface area contributed by atoms with Crippen molar-refractivity contribution < 1.29 is 28.7 Å². The second-order valence-corrected chi connectivity index (χ2v) is 5.37. The van der Waals surface area contributed by atoms with Gasteiger partial charge in [0.1, 0.15) is 13.2 Å². The zero-order valence-corrected chi connectivity index (χ0v) is 13.4. The van der Waals surface area contributed by atoms with Crippen LogP contribution in [0.25, 0.3) is 0 Å². The summed E-state index contributed by atoms with van der Waals surface area (Å²) in [6, 6.07) is -0.179. The third kappa shape index (κ3) is 5.56. The number of hydrogen-bond donors (Lipinski definition) is 1. The molecule has 2 heterocycles. The van der Waals surface area contributed by atoms with Crippen molar-refractivity contribution in [3.63, 3.8) is 0 Å². The molecule has 2 aliphatic rings. The molecular weight excluding hydrogens is 318 g/mol. The Morgan fingerprint density at radius 1 is 1.00 bits per heavy atom. The number of urea groups is 1. The summed E-state index contributed by atoms with van der Waals surface area (Å²) in [6.45, 7) is 2.67. The molecule has 0 aromatic heterocycles. The number of nitrogens with zero attached hydrogens (tertiary/aromatic N) is 2. The lowest BCUT2D eigenvalue weighted by atomic mass is 10.4. The monoisotopic (exact) mass is 339 g/mol. The van der Waals surface area contributed by atoms with E-state index in [9.17, 15) is 19.2 Å². The molecule has 2 aliphatic heterocycles. The largest absolute Gasteiger partial charge is 0.461 e. The number of likely N-dealkylation sites (tertiary alicyclic amines) is 1. The predicted molar refractivity (Wildman–Crippen MR) is 81.8 cm³/mol. The van der Waals surface area contributed by atoms with Crippen LogP contribution in [-0.2, 0) is 23.9 Å². The maximum atomic E-state index is 11.4. The Bertz CT molecular complexity index is 487. The Hall–Kier alpha value is -2.58. The fourth-order valence-electron chi connectivity index (χ4n) is 2.41. The van der Waals surface area contributed by atoms with Gasteiger partial charge in [-0.25, -0.2) is 14.4 Å². The molecule has 2 saturated heterocycles. The third-order valence-electron chi connectivity index (χ3n) is 3.68. The summed E-state index contributed by atoms with van der Waals surface area (Å²) in [5.41, 5.74) is 0. The normalized spacial score (nSPS) is 17.5. The first-order chi connectivity index (χ1) is 11.6. The van der Waals surface area contributed by atoms with Crippen molar-refractivity contribution in [2.24, 2.45) is 0 Å². The minimum Gasteiger partial charge on any atom is -0.461 e. The molecule has 0 atom stereocenters. The van der Waals surface area contributed by atoms with Crippen LogP contribution in [0.2, 0.25) is 0 Å². The third-order valence-corrected chi connectivity index (χ3v) is 3.68. The second kappa shape index (κ2) is 8.90. The Balaban J connectivity index is 1.55. The van der Waals surface area contributed by atoms with E-state index in [-0.39, 0.29) is 25.2 Å². The maximum absolute atomic E-state index is 11.4. The van der Waals surface area contributed by atoms with Crippen LogP contribution >= 0.6 is 0 Å². The number of hydrogen-bond acceptors (Lipinski definition) is 6. The number of rotatable bonds is 8. The molecule has 0 aliphatic carbocycles. The van der Waals surface area contributed by atoms with E-state index in [1.54, 1.807) is 4.90 Å². The fraction of sp³-hybridized carbons (Fsp3) is 0.600. The minimum atomic E-state index is -0.679. The summed E-state index contributed by atoms with van der Waals surface area (Å²) < 4.78 is 9.81. The molecule has 0 aromatic carbocycles. The van der Waals surface area contributed by atoms with Crippen LogP contribution in [0.3, 0.4) is 0 Å². The highest BCUT2D eigenvalue weighted by atomic mass is 16.5. The van der Waals surface area contributed by atoms with Gasteiger partial charge < -0.3 is 24.6 Å². The number of nitrogens with one attached hydrogen (secondary N) is 1. The lowest BCUT2D eigenvalue weighted by Crippen LogP contribution is -2.31. The second-order valence-electron chi connectivity index (χ2n) is 5.37. The summed E-state index contributed by atoms with van der Waals surface area (Å²) in [5, 5.41) is 2.64. The quantitative estimate of drug-likeness (QED) is 0.462. The van der Waals surface area contributed by atoms with Crippen molar-refractivity contribution in [2.75, 3.05) is 45.9 Å². The van der Waals surface area contributed by atoms with E-state index < -0.39 is 11.9 Å². The lowest BCUT2D eigenvalue weighted by molar-refractivity contribution is -0.141. The summed E-state index contributed by atoms with van der Waals surface area (Å²) in [6.07, 6.45) is 3.33. The van der Waals surface area contributed by atoms with Gasteiger partial charge in [0.25, 0.3) is 0 Å². The van der Waals surface area contributed by atoms with Crippen LogP contribution in [0, 0.1) is 0 Å². The van der Waals surface area contributed by atoms with Gasteiger partial charge in [-0.15, -0.1) is 0 Å². The van der Waals surface area contributed by atoms with Crippen molar-refractivity contribution in [2.45, 2.75) is 12.8 Å². The smallest absolute Gasteiger partial charge is 0.331 e. The maximum Gasteiger partial charge on any atom is 0.331 e. The summed E-state index contributed by atoms with van der Waals surface area (Å²) in [5.74, 6) is -1.28. The highest BCUT2D eigenvalue weighted by molar-refractivity contribution is 5.91. The van der Waals surface area contributed by atoms with Gasteiger partial charge in [-0.1, -0.05) is 0 Å². The Morgan fingerprint density at radius 2 is 1.62 bits per heavy atom. The van der Waals surface area contributed by atoms with Crippen LogP contribution in [0.1, 0.15) is 12.8 Å². The standard InChI is InChI=1S/C15H21N3O6/c19-12-2-1-6-17(12)8-10-23-13(20)3-4-14(21)24-11-9-18-7-5-16-15(18)22/h3-4H,1-2,5-11H2,(H,16,22)/b4-3+. The van der Waals surface area contributed by atoms with Crippen LogP contribution in [-0.4, -0.2) is 79.6 Å². The van der Waals surface area contributed by atoms with Gasteiger partial charge >= 0.3 is 18.0 Å². The highest BCUT2D eigenvalue weighted by Gasteiger charge is 2.20. The number of carbonyl (C=O) groups is 4. The first-order valence-electron chi connectivity index (χ1n) is 7.88. The lowest BCUT2D eigenvalue weighted by Gasteiger charge is -2.14. The van der Waals surface area contributed by atoms with E-state index in [0.29, 0.717) is 39.1 Å². The fourth-order valence-corrected chi connectivity index (χ4v) is 2.41. The van der Waals surface area contributed by atoms with Crippen molar-refractivity contribution in [1.82, 2.24) is 15.1 Å². The van der Waals surface area contributed by atoms with Gasteiger partial charge in [0.05, 0.1) is 13.1 Å². The first kappa shape index (κ1) is 17.8. The van der Waals surface area contributed by atoms with Crippen molar-refractivity contribution in [3.8, 4) is 0 Å². The average molecular weight is 339 g/mol. The first-order valence-corrected chi connectivity index (χ1v) is 7.88. The predicted octanol–water partition coefficient (Wildman–Crippen LogP) is -0.723. The molecule has 9 nitrogen and oxygen atoms in total. The van der Waals surface area contributed by atoms with Crippen molar-refractivity contribution in [1.29, 1.82) is 0 Å². The van der Waals surface area contributed by atoms with Gasteiger partial charge in [-0.05, 0) is 6.42 Å². The van der Waals surface area contributed by atoms with Gasteiger partial charge in [0.2, 0.25) is 5.91 Å². The Labute approximate surface area is 139 Å². The van der Waals surface area contributed by atoms with Crippen molar-refractivity contribution in [3.05, 3.63) is 12.2 Å². The number of esters is 2. The van der Waals surface area contributed by atoms with Gasteiger partial charge in [-0.2, -0.15) is 0 Å². The van der Waals surface area contributed by atoms with Gasteiger partial charge in [0.15, 0.2) is 0 Å². The molecule has 2 rings (SSSR count). The van der Waals surface area contributed by atoms with E-state index in [1.165, 1.54) is 4.90 Å². The van der Waals surface area contributed by atoms with Gasteiger partial charge in [-0.3, -0.25) is 4.79 Å². The molecule has 0 unspecified atom stereocenters. The molecule has 0 radical (unpaired) electrons. The van der Waals surface area contributed by atoms with Crippen molar-refractivity contribution >= 4 is 23.9 Å². The SMILES string of the molecule is O=C(/C=C/C(=O)OCCN1CCNC1=O)OCCN1CCCC1=O. The Morgan fingerprint density at radius 3 is 2.12 bits per heavy atom. The topological polar surface area (TPSA) is 105 Å². The zero-order valence-electron chi connectivity index (χ0n) is 13.4.